The highest BCUT2D eigenvalue weighted by Gasteiger charge is 2.20. The van der Waals surface area contributed by atoms with Crippen LogP contribution in [0.4, 0.5) is 5.82 Å². The lowest BCUT2D eigenvalue weighted by Gasteiger charge is -2.26. The number of rotatable bonds is 4. The van der Waals surface area contributed by atoms with Gasteiger partial charge in [-0.1, -0.05) is 6.07 Å². The van der Waals surface area contributed by atoms with Crippen LogP contribution in [0.25, 0.3) is 22.2 Å². The first-order chi connectivity index (χ1) is 15.0. The molecule has 1 aliphatic heterocycles. The van der Waals surface area contributed by atoms with Crippen molar-refractivity contribution >= 4 is 22.6 Å². The molecule has 10 nitrogen and oxygen atoms in total. The molecule has 0 fully saturated rings. The molecular formula is C21H22N8O2. The second-order valence-corrected chi connectivity index (χ2v) is 7.79. The highest BCUT2D eigenvalue weighted by Crippen LogP contribution is 2.28. The molecule has 158 valence electrons. The lowest BCUT2D eigenvalue weighted by atomic mass is 10.0. The second-order valence-electron chi connectivity index (χ2n) is 7.79. The number of H-pyrrole nitrogens is 1. The third kappa shape index (κ3) is 3.50. The predicted molar refractivity (Wildman–Crippen MR) is 115 cm³/mol. The van der Waals surface area contributed by atoms with Crippen molar-refractivity contribution in [2.75, 3.05) is 18.4 Å². The molecule has 0 bridgehead atoms. The van der Waals surface area contributed by atoms with E-state index in [2.05, 4.69) is 20.5 Å². The van der Waals surface area contributed by atoms with E-state index >= 15 is 0 Å². The third-order valence-corrected chi connectivity index (χ3v) is 5.60. The highest BCUT2D eigenvalue weighted by molar-refractivity contribution is 5.95. The fourth-order valence-corrected chi connectivity index (χ4v) is 3.97. The number of carbonyl (C=O) groups excluding carboxylic acids is 1. The quantitative estimate of drug-likeness (QED) is 0.516. The maximum atomic E-state index is 12.6. The van der Waals surface area contributed by atoms with Gasteiger partial charge in [-0.2, -0.15) is 0 Å². The van der Waals surface area contributed by atoms with E-state index in [1.54, 1.807) is 31.8 Å². The highest BCUT2D eigenvalue weighted by atomic mass is 16.2. The summed E-state index contributed by atoms with van der Waals surface area (Å²) in [6, 6.07) is 5.58. The summed E-state index contributed by atoms with van der Waals surface area (Å²) < 4.78 is 3.53. The lowest BCUT2D eigenvalue weighted by molar-refractivity contribution is -0.117. The van der Waals surface area contributed by atoms with E-state index in [1.165, 1.54) is 4.57 Å². The van der Waals surface area contributed by atoms with Crippen molar-refractivity contribution in [3.05, 3.63) is 58.7 Å². The van der Waals surface area contributed by atoms with Gasteiger partial charge in [-0.15, -0.1) is 10.2 Å². The van der Waals surface area contributed by atoms with Crippen LogP contribution in [0.5, 0.6) is 0 Å². The van der Waals surface area contributed by atoms with E-state index in [0.717, 1.165) is 41.1 Å². The maximum Gasteiger partial charge on any atom is 0.274 e. The molecule has 0 aromatic carbocycles. The van der Waals surface area contributed by atoms with Crippen molar-refractivity contribution in [2.24, 2.45) is 7.05 Å². The molecule has 0 atom stereocenters. The van der Waals surface area contributed by atoms with E-state index in [1.807, 2.05) is 28.5 Å². The standard InChI is InChI=1S/C21H22N8O2/c1-13-3-4-16(24-18(30)11-28-7-8-29-12-23-26-17(29)10-28)25-19(13)15-9-27(2)21(31)20-14(15)5-6-22-20/h3-6,9,12,22H,7-8,10-11H2,1-2H3,(H,24,25,30). The Kier molecular flexibility index (Phi) is 4.63. The number of fused-ring (bicyclic) bond motifs is 2. The maximum absolute atomic E-state index is 12.6. The molecule has 0 radical (unpaired) electrons. The molecule has 1 amide bonds. The molecule has 10 heteroatoms. The number of amides is 1. The van der Waals surface area contributed by atoms with Gasteiger partial charge in [-0.05, 0) is 24.6 Å². The van der Waals surface area contributed by atoms with Gasteiger partial charge in [0, 0.05) is 43.5 Å². The van der Waals surface area contributed by atoms with Crippen LogP contribution in [0, 0.1) is 6.92 Å². The van der Waals surface area contributed by atoms with E-state index < -0.39 is 0 Å². The number of anilines is 1. The van der Waals surface area contributed by atoms with Crippen LogP contribution < -0.4 is 10.9 Å². The van der Waals surface area contributed by atoms with Crippen molar-refractivity contribution in [1.29, 1.82) is 0 Å². The summed E-state index contributed by atoms with van der Waals surface area (Å²) in [4.78, 5) is 34.7. The van der Waals surface area contributed by atoms with Gasteiger partial charge >= 0.3 is 0 Å². The molecule has 4 aromatic heterocycles. The van der Waals surface area contributed by atoms with Crippen LogP contribution >= 0.6 is 0 Å². The van der Waals surface area contributed by atoms with Gasteiger partial charge in [-0.3, -0.25) is 14.5 Å². The summed E-state index contributed by atoms with van der Waals surface area (Å²) in [7, 11) is 1.71. The van der Waals surface area contributed by atoms with Gasteiger partial charge in [0.05, 0.1) is 18.8 Å². The van der Waals surface area contributed by atoms with Crippen molar-refractivity contribution in [2.45, 2.75) is 20.0 Å². The summed E-state index contributed by atoms with van der Waals surface area (Å²) in [5.74, 6) is 1.20. The van der Waals surface area contributed by atoms with E-state index in [0.29, 0.717) is 17.9 Å². The summed E-state index contributed by atoms with van der Waals surface area (Å²) in [6.07, 6.45) is 5.24. The Morgan fingerprint density at radius 3 is 3.00 bits per heavy atom. The molecular weight excluding hydrogens is 396 g/mol. The predicted octanol–water partition coefficient (Wildman–Crippen LogP) is 1.28. The third-order valence-electron chi connectivity index (χ3n) is 5.60. The number of aromatic amines is 1. The zero-order chi connectivity index (χ0) is 21.5. The first-order valence-electron chi connectivity index (χ1n) is 10.0. The van der Waals surface area contributed by atoms with Gasteiger partial charge in [-0.25, -0.2) is 4.98 Å². The number of nitrogens with zero attached hydrogens (tertiary/aromatic N) is 6. The van der Waals surface area contributed by atoms with E-state index in [4.69, 9.17) is 4.98 Å². The van der Waals surface area contributed by atoms with Crippen LogP contribution in [0.3, 0.4) is 0 Å². The van der Waals surface area contributed by atoms with Gasteiger partial charge in [0.25, 0.3) is 5.56 Å². The Morgan fingerprint density at radius 1 is 1.26 bits per heavy atom. The van der Waals surface area contributed by atoms with E-state index in [-0.39, 0.29) is 18.0 Å². The zero-order valence-electron chi connectivity index (χ0n) is 17.3. The molecule has 4 aromatic rings. The Morgan fingerprint density at radius 2 is 2.13 bits per heavy atom. The normalized spacial score (nSPS) is 14.0. The number of pyridine rings is 2. The molecule has 0 saturated heterocycles. The summed E-state index contributed by atoms with van der Waals surface area (Å²) >= 11 is 0. The number of hydrogen-bond donors (Lipinski definition) is 2. The average molecular weight is 418 g/mol. The Balaban J connectivity index is 1.38. The summed E-state index contributed by atoms with van der Waals surface area (Å²) in [5, 5.41) is 11.7. The van der Waals surface area contributed by atoms with E-state index in [9.17, 15) is 9.59 Å². The number of aromatic nitrogens is 6. The fraction of sp³-hybridized carbons (Fsp3) is 0.286. The lowest BCUT2D eigenvalue weighted by Crippen LogP contribution is -2.39. The molecule has 0 saturated carbocycles. The molecule has 5 rings (SSSR count). The van der Waals surface area contributed by atoms with Crippen molar-refractivity contribution in [3.8, 4) is 11.3 Å². The molecule has 0 unspecified atom stereocenters. The average Bonchev–Trinajstić information content (AvgIpc) is 3.41. The van der Waals surface area contributed by atoms with Gasteiger partial charge in [0.2, 0.25) is 5.91 Å². The number of nitrogens with one attached hydrogen (secondary N) is 2. The van der Waals surface area contributed by atoms with Gasteiger partial charge < -0.3 is 19.4 Å². The first kappa shape index (κ1) is 19.2. The first-order valence-corrected chi connectivity index (χ1v) is 10.0. The molecule has 0 aliphatic carbocycles. The summed E-state index contributed by atoms with van der Waals surface area (Å²) in [5.41, 5.74) is 2.96. The minimum atomic E-state index is -0.137. The monoisotopic (exact) mass is 418 g/mol. The molecule has 5 heterocycles. The number of hydrogen-bond acceptors (Lipinski definition) is 6. The Hall–Kier alpha value is -3.79. The number of carbonyl (C=O) groups is 1. The Bertz CT molecular complexity index is 1350. The summed E-state index contributed by atoms with van der Waals surface area (Å²) in [6.45, 7) is 4.32. The zero-order valence-corrected chi connectivity index (χ0v) is 17.3. The molecule has 1 aliphatic rings. The SMILES string of the molecule is Cc1ccc(NC(=O)CN2CCn3cnnc3C2)nc1-c1cn(C)c(=O)c2[nH]ccc12. The van der Waals surface area contributed by atoms with Crippen LogP contribution in [0.2, 0.25) is 0 Å². The van der Waals surface area contributed by atoms with Crippen LogP contribution in [-0.2, 0) is 24.9 Å². The van der Waals surface area contributed by atoms with Crippen LogP contribution in [0.1, 0.15) is 11.4 Å². The molecule has 0 spiro atoms. The minimum Gasteiger partial charge on any atom is -0.357 e. The Labute approximate surface area is 177 Å². The largest absolute Gasteiger partial charge is 0.357 e. The topological polar surface area (TPSA) is 114 Å². The number of aryl methyl sites for hydroxylation is 2. The smallest absolute Gasteiger partial charge is 0.274 e. The van der Waals surface area contributed by atoms with Gasteiger partial charge in [0.15, 0.2) is 0 Å². The van der Waals surface area contributed by atoms with Crippen LogP contribution in [-0.4, -0.2) is 53.2 Å². The molecule has 31 heavy (non-hydrogen) atoms. The van der Waals surface area contributed by atoms with Crippen LogP contribution in [0.15, 0.2) is 41.7 Å². The van der Waals surface area contributed by atoms with Crippen molar-refractivity contribution in [1.82, 2.24) is 34.2 Å². The fourth-order valence-electron chi connectivity index (χ4n) is 3.97. The molecule has 2 N–H and O–H groups in total. The van der Waals surface area contributed by atoms with Crippen molar-refractivity contribution < 1.29 is 4.79 Å². The van der Waals surface area contributed by atoms with Gasteiger partial charge in [0.1, 0.15) is 23.5 Å². The second kappa shape index (κ2) is 7.47. The van der Waals surface area contributed by atoms with Crippen molar-refractivity contribution in [3.63, 3.8) is 0 Å². The minimum absolute atomic E-state index is 0.0942.